The molecule has 1 atom stereocenters. The molecule has 0 spiro atoms. The maximum atomic E-state index is 13.7. The molecular formula is C18H25FN4O2. The normalized spacial score (nSPS) is 20.8. The molecule has 6 nitrogen and oxygen atoms in total. The van der Waals surface area contributed by atoms with Crippen LogP contribution < -0.4 is 10.2 Å². The number of benzene rings is 1. The van der Waals surface area contributed by atoms with Crippen molar-refractivity contribution in [2.75, 3.05) is 43.9 Å². The third-order valence-electron chi connectivity index (χ3n) is 5.08. The molecule has 0 saturated carbocycles. The molecular weight excluding hydrogens is 323 g/mol. The summed E-state index contributed by atoms with van der Waals surface area (Å²) in [5.74, 6) is -0.455. The maximum absolute atomic E-state index is 13.7. The van der Waals surface area contributed by atoms with Crippen LogP contribution in [0.25, 0.3) is 0 Å². The van der Waals surface area contributed by atoms with Gasteiger partial charge < -0.3 is 20.0 Å². The van der Waals surface area contributed by atoms with Crippen LogP contribution >= 0.6 is 0 Å². The predicted molar refractivity (Wildman–Crippen MR) is 95.3 cm³/mol. The predicted octanol–water partition coefficient (Wildman–Crippen LogP) is 2.51. The van der Waals surface area contributed by atoms with Gasteiger partial charge in [0.05, 0.1) is 11.4 Å². The van der Waals surface area contributed by atoms with Gasteiger partial charge in [0, 0.05) is 33.7 Å². The Balaban J connectivity index is 1.76. The fourth-order valence-electron chi connectivity index (χ4n) is 3.53. The molecule has 0 unspecified atom stereocenters. The second-order valence-electron chi connectivity index (χ2n) is 6.81. The van der Waals surface area contributed by atoms with Crippen molar-refractivity contribution in [2.24, 2.45) is 0 Å². The van der Waals surface area contributed by atoms with Crippen LogP contribution in [-0.2, 0) is 4.79 Å². The standard InChI is InChI=1S/C18H25FN4O2/c1-21-11-8-16(17(21)24)22(2)18(25)20-14-12-13(19)6-7-15(14)23-9-4-3-5-10-23/h6-7,12,16H,3-5,8-11H2,1-2H3,(H,20,25)/t16-/m1/s1. The number of likely N-dealkylation sites (N-methyl/N-ethyl adjacent to an activating group) is 2. The minimum atomic E-state index is -0.461. The molecule has 2 fully saturated rings. The number of carbonyl (C=O) groups excluding carboxylic acids is 2. The Morgan fingerprint density at radius 3 is 2.60 bits per heavy atom. The number of hydrogen-bond acceptors (Lipinski definition) is 3. The average molecular weight is 348 g/mol. The molecule has 3 amide bonds. The van der Waals surface area contributed by atoms with Crippen LogP contribution in [-0.4, -0.2) is 61.5 Å². The van der Waals surface area contributed by atoms with Gasteiger partial charge in [-0.05, 0) is 43.9 Å². The highest BCUT2D eigenvalue weighted by Gasteiger charge is 2.34. The summed E-state index contributed by atoms with van der Waals surface area (Å²) < 4.78 is 13.7. The molecule has 1 aromatic rings. The van der Waals surface area contributed by atoms with Crippen molar-refractivity contribution in [3.63, 3.8) is 0 Å². The van der Waals surface area contributed by atoms with Crippen LogP contribution in [0.1, 0.15) is 25.7 Å². The zero-order valence-electron chi connectivity index (χ0n) is 14.8. The van der Waals surface area contributed by atoms with Crippen molar-refractivity contribution in [3.8, 4) is 0 Å². The summed E-state index contributed by atoms with van der Waals surface area (Å²) in [6, 6.07) is 3.62. The molecule has 1 aromatic carbocycles. The van der Waals surface area contributed by atoms with E-state index in [1.807, 2.05) is 0 Å². The van der Waals surface area contributed by atoms with Gasteiger partial charge in [-0.15, -0.1) is 0 Å². The average Bonchev–Trinajstić information content (AvgIpc) is 2.94. The van der Waals surface area contributed by atoms with Gasteiger partial charge >= 0.3 is 6.03 Å². The van der Waals surface area contributed by atoms with Crippen LogP contribution in [0, 0.1) is 5.82 Å². The summed E-state index contributed by atoms with van der Waals surface area (Å²) in [5, 5.41) is 2.80. The fourth-order valence-corrected chi connectivity index (χ4v) is 3.53. The van der Waals surface area contributed by atoms with Gasteiger partial charge in [0.15, 0.2) is 0 Å². The van der Waals surface area contributed by atoms with Gasteiger partial charge in [-0.2, -0.15) is 0 Å². The van der Waals surface area contributed by atoms with Crippen molar-refractivity contribution in [1.82, 2.24) is 9.80 Å². The zero-order valence-corrected chi connectivity index (χ0v) is 14.8. The van der Waals surface area contributed by atoms with Crippen LogP contribution in [0.5, 0.6) is 0 Å². The first-order valence-electron chi connectivity index (χ1n) is 8.80. The quantitative estimate of drug-likeness (QED) is 0.913. The van der Waals surface area contributed by atoms with Gasteiger partial charge in [0.1, 0.15) is 11.9 Å². The van der Waals surface area contributed by atoms with Crippen LogP contribution in [0.15, 0.2) is 18.2 Å². The molecule has 2 aliphatic heterocycles. The van der Waals surface area contributed by atoms with E-state index < -0.39 is 17.9 Å². The summed E-state index contributed by atoms with van der Waals surface area (Å²) in [4.78, 5) is 29.9. The number of rotatable bonds is 3. The van der Waals surface area contributed by atoms with Gasteiger partial charge in [-0.1, -0.05) is 0 Å². The van der Waals surface area contributed by atoms with Gasteiger partial charge in [-0.3, -0.25) is 4.79 Å². The largest absolute Gasteiger partial charge is 0.370 e. The molecule has 1 N–H and O–H groups in total. The van der Waals surface area contributed by atoms with Crippen molar-refractivity contribution in [2.45, 2.75) is 31.7 Å². The highest BCUT2D eigenvalue weighted by molar-refractivity contribution is 5.96. The van der Waals surface area contributed by atoms with E-state index in [-0.39, 0.29) is 5.91 Å². The first-order valence-corrected chi connectivity index (χ1v) is 8.80. The van der Waals surface area contributed by atoms with Crippen molar-refractivity contribution < 1.29 is 14.0 Å². The maximum Gasteiger partial charge on any atom is 0.322 e. The molecule has 0 aromatic heterocycles. The van der Waals surface area contributed by atoms with E-state index in [0.29, 0.717) is 18.7 Å². The first-order chi connectivity index (χ1) is 12.0. The van der Waals surface area contributed by atoms with Crippen molar-refractivity contribution in [1.29, 1.82) is 0 Å². The number of urea groups is 1. The van der Waals surface area contributed by atoms with Crippen molar-refractivity contribution >= 4 is 23.3 Å². The lowest BCUT2D eigenvalue weighted by Gasteiger charge is -2.31. The molecule has 0 aliphatic carbocycles. The summed E-state index contributed by atoms with van der Waals surface area (Å²) in [6.07, 6.45) is 3.99. The number of nitrogens with one attached hydrogen (secondary N) is 1. The Morgan fingerprint density at radius 2 is 1.96 bits per heavy atom. The molecule has 0 bridgehead atoms. The summed E-state index contributed by atoms with van der Waals surface area (Å²) in [5.41, 5.74) is 1.29. The number of likely N-dealkylation sites (tertiary alicyclic amines) is 1. The van der Waals surface area contributed by atoms with E-state index in [9.17, 15) is 14.0 Å². The monoisotopic (exact) mass is 348 g/mol. The second kappa shape index (κ2) is 7.29. The number of piperidine rings is 1. The molecule has 3 rings (SSSR count). The van der Waals surface area contributed by atoms with Gasteiger partial charge in [0.25, 0.3) is 0 Å². The van der Waals surface area contributed by atoms with E-state index in [1.165, 1.54) is 23.5 Å². The van der Waals surface area contributed by atoms with E-state index in [4.69, 9.17) is 0 Å². The first kappa shape index (κ1) is 17.5. The smallest absolute Gasteiger partial charge is 0.322 e. The van der Waals surface area contributed by atoms with E-state index in [0.717, 1.165) is 31.6 Å². The number of hydrogen-bond donors (Lipinski definition) is 1. The number of halogens is 1. The Labute approximate surface area is 147 Å². The lowest BCUT2D eigenvalue weighted by atomic mass is 10.1. The summed E-state index contributed by atoms with van der Waals surface area (Å²) in [6.45, 7) is 2.44. The van der Waals surface area contributed by atoms with E-state index >= 15 is 0 Å². The molecule has 25 heavy (non-hydrogen) atoms. The van der Waals surface area contributed by atoms with E-state index in [1.54, 1.807) is 25.1 Å². The topological polar surface area (TPSA) is 55.9 Å². The minimum absolute atomic E-state index is 0.0619. The van der Waals surface area contributed by atoms with Gasteiger partial charge in [0.2, 0.25) is 5.91 Å². The highest BCUT2D eigenvalue weighted by atomic mass is 19.1. The number of nitrogens with zero attached hydrogens (tertiary/aromatic N) is 3. The number of amides is 3. The summed E-state index contributed by atoms with van der Waals surface area (Å²) >= 11 is 0. The van der Waals surface area contributed by atoms with Gasteiger partial charge in [-0.25, -0.2) is 9.18 Å². The van der Waals surface area contributed by atoms with E-state index in [2.05, 4.69) is 10.2 Å². The second-order valence-corrected chi connectivity index (χ2v) is 6.81. The van der Waals surface area contributed by atoms with Crippen LogP contribution in [0.2, 0.25) is 0 Å². The van der Waals surface area contributed by atoms with Crippen LogP contribution in [0.3, 0.4) is 0 Å². The Hall–Kier alpha value is -2.31. The minimum Gasteiger partial charge on any atom is -0.370 e. The van der Waals surface area contributed by atoms with Crippen molar-refractivity contribution in [3.05, 3.63) is 24.0 Å². The molecule has 2 aliphatic rings. The summed E-state index contributed by atoms with van der Waals surface area (Å²) in [7, 11) is 3.34. The Bertz CT molecular complexity index is 660. The molecule has 2 saturated heterocycles. The SMILES string of the molecule is CN1CC[C@@H](N(C)C(=O)Nc2cc(F)ccc2N2CCCCC2)C1=O. The lowest BCUT2D eigenvalue weighted by Crippen LogP contribution is -2.44. The Kier molecular flexibility index (Phi) is 5.11. The lowest BCUT2D eigenvalue weighted by molar-refractivity contribution is -0.129. The molecule has 2 heterocycles. The Morgan fingerprint density at radius 1 is 1.24 bits per heavy atom. The number of anilines is 2. The molecule has 136 valence electrons. The highest BCUT2D eigenvalue weighted by Crippen LogP contribution is 2.30. The third kappa shape index (κ3) is 3.70. The fraction of sp³-hybridized carbons (Fsp3) is 0.556. The molecule has 7 heteroatoms. The molecule has 0 radical (unpaired) electrons. The number of carbonyl (C=O) groups is 2. The van der Waals surface area contributed by atoms with Crippen LogP contribution in [0.4, 0.5) is 20.6 Å². The third-order valence-corrected chi connectivity index (χ3v) is 5.08. The zero-order chi connectivity index (χ0) is 18.0.